The molecule has 0 spiro atoms. The number of carboxylic acid groups (broad SMARTS) is 1. The average Bonchev–Trinajstić information content (AvgIpc) is 3.34. The van der Waals surface area contributed by atoms with Gasteiger partial charge in [-0.1, -0.05) is 85.6 Å². The second-order valence-corrected chi connectivity index (χ2v) is 9.07. The van der Waals surface area contributed by atoms with Gasteiger partial charge in [-0.2, -0.15) is 0 Å². The van der Waals surface area contributed by atoms with Gasteiger partial charge < -0.3 is 14.9 Å². The van der Waals surface area contributed by atoms with Crippen LogP contribution in [0.3, 0.4) is 0 Å². The molecule has 0 bridgehead atoms. The van der Waals surface area contributed by atoms with Crippen LogP contribution in [0.2, 0.25) is 0 Å². The van der Waals surface area contributed by atoms with Crippen molar-refractivity contribution in [1.29, 1.82) is 0 Å². The maximum atomic E-state index is 12.1. The number of hydrogen-bond acceptors (Lipinski definition) is 3. The Bertz CT molecular complexity index is 1050. The Morgan fingerprint density at radius 3 is 2.06 bits per heavy atom. The Morgan fingerprint density at radius 2 is 1.50 bits per heavy atom. The molecule has 3 aromatic rings. The van der Waals surface area contributed by atoms with E-state index in [-0.39, 0.29) is 11.8 Å². The molecule has 5 rings (SSSR count). The SMILES string of the molecule is O=C(O)C1(c2ccc3c(c2)OCC(C(c2ccccc2)c2ccccc2)C3O)CCCC1. The molecule has 2 aliphatic rings. The Kier molecular flexibility index (Phi) is 5.48. The first-order chi connectivity index (χ1) is 15.6. The van der Waals surface area contributed by atoms with E-state index in [4.69, 9.17) is 4.74 Å². The van der Waals surface area contributed by atoms with Gasteiger partial charge in [-0.15, -0.1) is 0 Å². The summed E-state index contributed by atoms with van der Waals surface area (Å²) in [5.41, 5.74) is 2.97. The van der Waals surface area contributed by atoms with Gasteiger partial charge in [0.25, 0.3) is 0 Å². The largest absolute Gasteiger partial charge is 0.493 e. The lowest BCUT2D eigenvalue weighted by molar-refractivity contribution is -0.143. The van der Waals surface area contributed by atoms with Crippen LogP contribution in [-0.2, 0) is 10.2 Å². The van der Waals surface area contributed by atoms with Crippen LogP contribution in [-0.4, -0.2) is 22.8 Å². The highest BCUT2D eigenvalue weighted by Crippen LogP contribution is 2.48. The van der Waals surface area contributed by atoms with Crippen molar-refractivity contribution in [1.82, 2.24) is 0 Å². The van der Waals surface area contributed by atoms with Gasteiger partial charge in [0.2, 0.25) is 0 Å². The van der Waals surface area contributed by atoms with Gasteiger partial charge >= 0.3 is 5.97 Å². The maximum absolute atomic E-state index is 12.1. The fourth-order valence-corrected chi connectivity index (χ4v) is 5.60. The monoisotopic (exact) mass is 428 g/mol. The average molecular weight is 429 g/mol. The maximum Gasteiger partial charge on any atom is 0.314 e. The van der Waals surface area contributed by atoms with E-state index in [0.717, 1.165) is 35.1 Å². The number of carbonyl (C=O) groups is 1. The molecule has 1 heterocycles. The quantitative estimate of drug-likeness (QED) is 0.567. The van der Waals surface area contributed by atoms with E-state index in [0.29, 0.717) is 25.2 Å². The lowest BCUT2D eigenvalue weighted by Crippen LogP contribution is -2.34. The van der Waals surface area contributed by atoms with Crippen LogP contribution in [0.25, 0.3) is 0 Å². The van der Waals surface area contributed by atoms with Crippen LogP contribution < -0.4 is 4.74 Å². The van der Waals surface area contributed by atoms with Crippen molar-refractivity contribution in [3.63, 3.8) is 0 Å². The molecule has 164 valence electrons. The molecule has 0 saturated heterocycles. The molecule has 3 aromatic carbocycles. The number of hydrogen-bond donors (Lipinski definition) is 2. The smallest absolute Gasteiger partial charge is 0.314 e. The predicted molar refractivity (Wildman–Crippen MR) is 123 cm³/mol. The van der Waals surface area contributed by atoms with Crippen LogP contribution in [0.4, 0.5) is 0 Å². The standard InChI is InChI=1S/C28H28O4/c29-26-22-14-13-21(28(27(30)31)15-7-8-16-28)17-24(22)32-18-23(26)25(19-9-3-1-4-10-19)20-11-5-2-6-12-20/h1-6,9-14,17,23,25-26,29H,7-8,15-16,18H2,(H,30,31). The van der Waals surface area contributed by atoms with Crippen LogP contribution in [0, 0.1) is 5.92 Å². The minimum Gasteiger partial charge on any atom is -0.493 e. The highest BCUT2D eigenvalue weighted by atomic mass is 16.5. The molecule has 2 unspecified atom stereocenters. The van der Waals surface area contributed by atoms with Crippen LogP contribution in [0.5, 0.6) is 5.75 Å². The molecule has 1 aliphatic heterocycles. The second-order valence-electron chi connectivity index (χ2n) is 9.07. The Labute approximate surface area is 188 Å². The molecule has 0 aromatic heterocycles. The van der Waals surface area contributed by atoms with Gasteiger partial charge in [0.1, 0.15) is 5.75 Å². The fraction of sp³-hybridized carbons (Fsp3) is 0.321. The number of rotatable bonds is 5. The summed E-state index contributed by atoms with van der Waals surface area (Å²) in [4.78, 5) is 12.1. The molecule has 32 heavy (non-hydrogen) atoms. The van der Waals surface area contributed by atoms with Gasteiger partial charge in [-0.25, -0.2) is 0 Å². The van der Waals surface area contributed by atoms with E-state index in [9.17, 15) is 15.0 Å². The summed E-state index contributed by atoms with van der Waals surface area (Å²) in [6.45, 7) is 0.367. The number of aliphatic hydroxyl groups is 1. The van der Waals surface area contributed by atoms with Gasteiger partial charge in [0, 0.05) is 17.4 Å². The summed E-state index contributed by atoms with van der Waals surface area (Å²) in [5, 5.41) is 21.4. The number of fused-ring (bicyclic) bond motifs is 1. The zero-order valence-electron chi connectivity index (χ0n) is 18.0. The first-order valence-electron chi connectivity index (χ1n) is 11.4. The van der Waals surface area contributed by atoms with Crippen molar-refractivity contribution in [2.45, 2.75) is 43.1 Å². The second kappa shape index (κ2) is 8.44. The highest BCUT2D eigenvalue weighted by molar-refractivity contribution is 5.82. The van der Waals surface area contributed by atoms with Crippen LogP contribution in [0.1, 0.15) is 60.0 Å². The normalized spacial score (nSPS) is 21.7. The molecular weight excluding hydrogens is 400 g/mol. The van der Waals surface area contributed by atoms with Crippen LogP contribution in [0.15, 0.2) is 78.9 Å². The number of benzene rings is 3. The predicted octanol–water partition coefficient (Wildman–Crippen LogP) is 5.46. The van der Waals surface area contributed by atoms with Crippen molar-refractivity contribution in [3.05, 3.63) is 101 Å². The van der Waals surface area contributed by atoms with E-state index in [2.05, 4.69) is 24.3 Å². The molecule has 2 N–H and O–H groups in total. The van der Waals surface area contributed by atoms with Gasteiger partial charge in [0.05, 0.1) is 18.1 Å². The molecule has 1 fully saturated rings. The minimum atomic E-state index is -0.837. The molecule has 4 nitrogen and oxygen atoms in total. The minimum absolute atomic E-state index is 0.0135. The molecule has 2 atom stereocenters. The molecule has 0 radical (unpaired) electrons. The van der Waals surface area contributed by atoms with E-state index in [1.807, 2.05) is 54.6 Å². The summed E-state index contributed by atoms with van der Waals surface area (Å²) in [6, 6.07) is 26.1. The first kappa shape index (κ1) is 20.8. The third-order valence-electron chi connectivity index (χ3n) is 7.33. The van der Waals surface area contributed by atoms with Gasteiger partial charge in [-0.05, 0) is 35.6 Å². The van der Waals surface area contributed by atoms with E-state index >= 15 is 0 Å². The number of carboxylic acids is 1. The Balaban J connectivity index is 1.51. The number of ether oxygens (including phenoxy) is 1. The topological polar surface area (TPSA) is 66.8 Å². The van der Waals surface area contributed by atoms with Crippen molar-refractivity contribution in [2.24, 2.45) is 5.92 Å². The summed E-state index contributed by atoms with van der Waals surface area (Å²) in [5.74, 6) is -0.325. The summed E-state index contributed by atoms with van der Waals surface area (Å²) < 4.78 is 6.20. The first-order valence-corrected chi connectivity index (χ1v) is 11.4. The van der Waals surface area contributed by atoms with Crippen molar-refractivity contribution < 1.29 is 19.7 Å². The van der Waals surface area contributed by atoms with Crippen molar-refractivity contribution in [3.8, 4) is 5.75 Å². The molecular formula is C28H28O4. The third-order valence-corrected chi connectivity index (χ3v) is 7.33. The Morgan fingerprint density at radius 1 is 0.906 bits per heavy atom. The third kappa shape index (κ3) is 3.49. The van der Waals surface area contributed by atoms with Crippen molar-refractivity contribution >= 4 is 5.97 Å². The summed E-state index contributed by atoms with van der Waals surface area (Å²) in [6.07, 6.45) is 2.44. The lowest BCUT2D eigenvalue weighted by Gasteiger charge is -2.37. The molecule has 4 heteroatoms. The van der Waals surface area contributed by atoms with E-state index < -0.39 is 17.5 Å². The number of aliphatic hydroxyl groups excluding tert-OH is 1. The molecule has 0 amide bonds. The van der Waals surface area contributed by atoms with Crippen molar-refractivity contribution in [2.75, 3.05) is 6.61 Å². The van der Waals surface area contributed by atoms with Gasteiger partial charge in [-0.3, -0.25) is 4.79 Å². The van der Waals surface area contributed by atoms with E-state index in [1.54, 1.807) is 0 Å². The van der Waals surface area contributed by atoms with Gasteiger partial charge in [0.15, 0.2) is 0 Å². The number of aliphatic carboxylic acids is 1. The van der Waals surface area contributed by atoms with E-state index in [1.165, 1.54) is 0 Å². The van der Waals surface area contributed by atoms with Crippen LogP contribution >= 0.6 is 0 Å². The Hall–Kier alpha value is -3.11. The fourth-order valence-electron chi connectivity index (χ4n) is 5.60. The summed E-state index contributed by atoms with van der Waals surface area (Å²) in [7, 11) is 0. The summed E-state index contributed by atoms with van der Waals surface area (Å²) >= 11 is 0. The lowest BCUT2D eigenvalue weighted by atomic mass is 9.74. The molecule has 1 aliphatic carbocycles. The zero-order chi connectivity index (χ0) is 22.1. The molecule has 1 saturated carbocycles. The highest BCUT2D eigenvalue weighted by Gasteiger charge is 2.44. The zero-order valence-corrected chi connectivity index (χ0v) is 18.0.